The van der Waals surface area contributed by atoms with Crippen LogP contribution in [0, 0.1) is 0 Å². The van der Waals surface area contributed by atoms with E-state index < -0.39 is 0 Å². The summed E-state index contributed by atoms with van der Waals surface area (Å²) in [6, 6.07) is 13.9. The van der Waals surface area contributed by atoms with E-state index in [2.05, 4.69) is 32.2 Å². The number of para-hydroxylation sites is 2. The van der Waals surface area contributed by atoms with E-state index in [4.69, 9.17) is 0 Å². The zero-order valence-electron chi connectivity index (χ0n) is 13.2. The zero-order chi connectivity index (χ0) is 16.4. The Hall–Kier alpha value is -3.28. The van der Waals surface area contributed by atoms with Crippen molar-refractivity contribution in [2.75, 3.05) is 5.32 Å². The van der Waals surface area contributed by atoms with Gasteiger partial charge in [0.25, 0.3) is 0 Å². The molecular weight excluding hydrogens is 300 g/mol. The van der Waals surface area contributed by atoms with Crippen molar-refractivity contribution in [3.8, 4) is 5.82 Å². The number of hydrogen-bond donors (Lipinski definition) is 1. The van der Waals surface area contributed by atoms with E-state index in [-0.39, 0.29) is 6.04 Å². The van der Waals surface area contributed by atoms with Crippen molar-refractivity contribution >= 4 is 17.0 Å². The summed E-state index contributed by atoms with van der Waals surface area (Å²) in [6.07, 6.45) is 7.09. The largest absolute Gasteiger partial charge is 0.348 e. The average Bonchev–Trinajstić information content (AvgIpc) is 3.07. The Morgan fingerprint density at radius 3 is 2.67 bits per heavy atom. The molecule has 0 amide bonds. The van der Waals surface area contributed by atoms with Gasteiger partial charge in [-0.3, -0.25) is 9.55 Å². The average molecular weight is 316 g/mol. The van der Waals surface area contributed by atoms with Gasteiger partial charge in [0, 0.05) is 18.6 Å². The maximum atomic E-state index is 4.62. The summed E-state index contributed by atoms with van der Waals surface area (Å²) in [6.45, 7) is 2.07. The van der Waals surface area contributed by atoms with Crippen molar-refractivity contribution in [3.05, 3.63) is 72.9 Å². The van der Waals surface area contributed by atoms with Gasteiger partial charge in [-0.05, 0) is 42.8 Å². The summed E-state index contributed by atoms with van der Waals surface area (Å²) < 4.78 is 1.96. The molecule has 0 fully saturated rings. The highest BCUT2D eigenvalue weighted by Gasteiger charge is 2.09. The Balaban J connectivity index is 1.64. The maximum Gasteiger partial charge on any atom is 0.225 e. The van der Waals surface area contributed by atoms with E-state index in [1.54, 1.807) is 24.9 Å². The molecule has 0 bridgehead atoms. The van der Waals surface area contributed by atoms with Gasteiger partial charge in [-0.25, -0.2) is 9.97 Å². The van der Waals surface area contributed by atoms with Crippen molar-refractivity contribution < 1.29 is 0 Å². The van der Waals surface area contributed by atoms with E-state index >= 15 is 0 Å². The lowest BCUT2D eigenvalue weighted by molar-refractivity contribution is 0.851. The first-order valence-electron chi connectivity index (χ1n) is 7.73. The minimum absolute atomic E-state index is 0.0859. The predicted octanol–water partition coefficient (Wildman–Crippen LogP) is 3.38. The fourth-order valence-electron chi connectivity index (χ4n) is 2.62. The van der Waals surface area contributed by atoms with Crippen LogP contribution in [-0.2, 0) is 0 Å². The van der Waals surface area contributed by atoms with Gasteiger partial charge in [0.1, 0.15) is 12.1 Å². The molecule has 118 valence electrons. The molecule has 1 aromatic carbocycles. The van der Waals surface area contributed by atoms with E-state index in [0.29, 0.717) is 5.95 Å². The highest BCUT2D eigenvalue weighted by molar-refractivity contribution is 5.76. The molecule has 4 rings (SSSR count). The molecule has 3 aromatic heterocycles. The molecule has 0 aliphatic carbocycles. The lowest BCUT2D eigenvalue weighted by Gasteiger charge is -2.14. The fraction of sp³-hybridized carbons (Fsp3) is 0.111. The molecule has 4 aromatic rings. The summed E-state index contributed by atoms with van der Waals surface area (Å²) in [5.41, 5.74) is 3.09. The number of rotatable bonds is 4. The molecule has 6 nitrogen and oxygen atoms in total. The number of pyridine rings is 1. The van der Waals surface area contributed by atoms with Crippen LogP contribution in [0.4, 0.5) is 5.95 Å². The van der Waals surface area contributed by atoms with E-state index in [0.717, 1.165) is 22.4 Å². The van der Waals surface area contributed by atoms with Crippen molar-refractivity contribution in [2.45, 2.75) is 13.0 Å². The van der Waals surface area contributed by atoms with Gasteiger partial charge in [0.05, 0.1) is 17.1 Å². The smallest absolute Gasteiger partial charge is 0.225 e. The van der Waals surface area contributed by atoms with Gasteiger partial charge >= 0.3 is 0 Å². The number of anilines is 1. The Morgan fingerprint density at radius 1 is 0.958 bits per heavy atom. The van der Waals surface area contributed by atoms with Crippen LogP contribution in [0.15, 0.2) is 67.4 Å². The Morgan fingerprint density at radius 2 is 1.79 bits per heavy atom. The molecular formula is C18H16N6. The molecule has 24 heavy (non-hydrogen) atoms. The second kappa shape index (κ2) is 6.08. The Bertz CT molecular complexity index is 963. The molecule has 0 spiro atoms. The normalized spacial score (nSPS) is 12.2. The maximum absolute atomic E-state index is 4.62. The number of nitrogens with zero attached hydrogens (tertiary/aromatic N) is 5. The first-order chi connectivity index (χ1) is 11.8. The van der Waals surface area contributed by atoms with Crippen LogP contribution in [0.25, 0.3) is 16.9 Å². The van der Waals surface area contributed by atoms with Crippen LogP contribution >= 0.6 is 0 Å². The highest BCUT2D eigenvalue weighted by Crippen LogP contribution is 2.19. The number of benzene rings is 1. The minimum atomic E-state index is 0.0859. The van der Waals surface area contributed by atoms with E-state index in [1.807, 2.05) is 47.0 Å². The van der Waals surface area contributed by atoms with E-state index in [1.165, 1.54) is 0 Å². The molecule has 0 aliphatic rings. The topological polar surface area (TPSA) is 68.5 Å². The third kappa shape index (κ3) is 2.69. The third-order valence-corrected chi connectivity index (χ3v) is 3.89. The zero-order valence-corrected chi connectivity index (χ0v) is 13.2. The van der Waals surface area contributed by atoms with Crippen LogP contribution in [0.2, 0.25) is 0 Å². The number of nitrogens with one attached hydrogen (secondary N) is 1. The molecule has 0 saturated carbocycles. The van der Waals surface area contributed by atoms with Crippen molar-refractivity contribution in [2.24, 2.45) is 0 Å². The van der Waals surface area contributed by atoms with Crippen LogP contribution in [0.3, 0.4) is 0 Å². The number of hydrogen-bond acceptors (Lipinski definition) is 5. The van der Waals surface area contributed by atoms with Crippen LogP contribution < -0.4 is 5.32 Å². The SMILES string of the molecule is CC(Nc1nccc(-n2cnc3ccccc32)n1)c1ccncc1. The quantitative estimate of drug-likeness (QED) is 0.625. The molecule has 0 saturated heterocycles. The molecule has 3 heterocycles. The second-order valence-corrected chi connectivity index (χ2v) is 5.49. The molecule has 0 radical (unpaired) electrons. The summed E-state index contributed by atoms with van der Waals surface area (Å²) in [4.78, 5) is 17.4. The first-order valence-corrected chi connectivity index (χ1v) is 7.73. The monoisotopic (exact) mass is 316 g/mol. The Labute approximate surface area is 139 Å². The second-order valence-electron chi connectivity index (χ2n) is 5.49. The lowest BCUT2D eigenvalue weighted by Crippen LogP contribution is -2.10. The van der Waals surface area contributed by atoms with Crippen LogP contribution in [0.1, 0.15) is 18.5 Å². The van der Waals surface area contributed by atoms with Crippen molar-refractivity contribution in [1.82, 2.24) is 24.5 Å². The van der Waals surface area contributed by atoms with Crippen molar-refractivity contribution in [3.63, 3.8) is 0 Å². The number of imidazole rings is 1. The molecule has 1 N–H and O–H groups in total. The predicted molar refractivity (Wildman–Crippen MR) is 92.9 cm³/mol. The van der Waals surface area contributed by atoms with Gasteiger partial charge in [-0.15, -0.1) is 0 Å². The molecule has 1 unspecified atom stereocenters. The van der Waals surface area contributed by atoms with Crippen LogP contribution in [-0.4, -0.2) is 24.5 Å². The van der Waals surface area contributed by atoms with Crippen molar-refractivity contribution in [1.29, 1.82) is 0 Å². The minimum Gasteiger partial charge on any atom is -0.348 e. The van der Waals surface area contributed by atoms with Gasteiger partial charge in [-0.2, -0.15) is 4.98 Å². The number of fused-ring (bicyclic) bond motifs is 1. The Kier molecular flexibility index (Phi) is 3.63. The van der Waals surface area contributed by atoms with Gasteiger partial charge in [0.2, 0.25) is 5.95 Å². The highest BCUT2D eigenvalue weighted by atomic mass is 15.2. The number of aromatic nitrogens is 5. The summed E-state index contributed by atoms with van der Waals surface area (Å²) in [7, 11) is 0. The van der Waals surface area contributed by atoms with Gasteiger partial charge in [0.15, 0.2) is 0 Å². The molecule has 6 heteroatoms. The molecule has 1 atom stereocenters. The summed E-state index contributed by atoms with van der Waals surface area (Å²) in [5, 5.41) is 3.32. The standard InChI is InChI=1S/C18H16N6/c1-13(14-6-9-19-10-7-14)22-18-20-11-8-17(23-18)24-12-21-15-4-2-3-5-16(15)24/h2-13H,1H3,(H,20,22,23). The fourth-order valence-corrected chi connectivity index (χ4v) is 2.62. The first kappa shape index (κ1) is 14.3. The lowest BCUT2D eigenvalue weighted by atomic mass is 10.1. The summed E-state index contributed by atoms with van der Waals surface area (Å²) in [5.74, 6) is 1.36. The van der Waals surface area contributed by atoms with Gasteiger partial charge < -0.3 is 5.32 Å². The summed E-state index contributed by atoms with van der Waals surface area (Å²) >= 11 is 0. The van der Waals surface area contributed by atoms with E-state index in [9.17, 15) is 0 Å². The van der Waals surface area contributed by atoms with Crippen LogP contribution in [0.5, 0.6) is 0 Å². The van der Waals surface area contributed by atoms with Gasteiger partial charge in [-0.1, -0.05) is 12.1 Å². The third-order valence-electron chi connectivity index (χ3n) is 3.89. The molecule has 0 aliphatic heterocycles.